The third-order valence-corrected chi connectivity index (χ3v) is 5.21. The van der Waals surface area contributed by atoms with Crippen LogP contribution in [0.2, 0.25) is 0 Å². The fraction of sp³-hybridized carbons (Fsp3) is 0.571. The summed E-state index contributed by atoms with van der Waals surface area (Å²) in [6.07, 6.45) is 1.63. The van der Waals surface area contributed by atoms with Crippen LogP contribution in [0.5, 0.6) is 0 Å². The first-order chi connectivity index (χ1) is 10.0. The number of hydrogen-bond donors (Lipinski definition) is 2. The second-order valence-corrected chi connectivity index (χ2v) is 7.25. The van der Waals surface area contributed by atoms with Crippen LogP contribution in [-0.4, -0.2) is 35.2 Å². The van der Waals surface area contributed by atoms with Crippen LogP contribution in [-0.2, 0) is 21.3 Å². The van der Waals surface area contributed by atoms with Crippen LogP contribution in [0, 0.1) is 0 Å². The van der Waals surface area contributed by atoms with Crippen molar-refractivity contribution in [3.8, 4) is 0 Å². The summed E-state index contributed by atoms with van der Waals surface area (Å²) in [7, 11) is -1.64. The Labute approximate surface area is 135 Å². The molecule has 1 rings (SSSR count). The van der Waals surface area contributed by atoms with Crippen molar-refractivity contribution in [1.82, 2.24) is 10.0 Å². The molecule has 0 spiro atoms. The maximum absolute atomic E-state index is 12.2. The fourth-order valence-corrected chi connectivity index (χ4v) is 3.98. The summed E-state index contributed by atoms with van der Waals surface area (Å²) in [5, 5.41) is 3.03. The summed E-state index contributed by atoms with van der Waals surface area (Å²) in [4.78, 5) is 0.261. The summed E-state index contributed by atoms with van der Waals surface area (Å²) >= 11 is 3.32. The van der Waals surface area contributed by atoms with Gasteiger partial charge in [0.2, 0.25) is 10.0 Å². The van der Waals surface area contributed by atoms with E-state index in [4.69, 9.17) is 4.74 Å². The highest BCUT2D eigenvalue weighted by atomic mass is 79.9. The number of rotatable bonds is 10. The molecule has 21 heavy (non-hydrogen) atoms. The van der Waals surface area contributed by atoms with Crippen LogP contribution in [0.15, 0.2) is 27.6 Å². The standard InChI is InChI=1S/C14H23BrN2O3S/c1-3-8-20-9-4-7-17-21(18,19)14-6-5-12(11-16-2)10-13(14)15/h5-6,10,16-17H,3-4,7-9,11H2,1-2H3. The smallest absolute Gasteiger partial charge is 0.241 e. The van der Waals surface area contributed by atoms with E-state index >= 15 is 0 Å². The van der Waals surface area contributed by atoms with Crippen LogP contribution in [0.4, 0.5) is 0 Å². The van der Waals surface area contributed by atoms with Crippen LogP contribution in [0.25, 0.3) is 0 Å². The SMILES string of the molecule is CCCOCCCNS(=O)(=O)c1ccc(CNC)cc1Br. The zero-order valence-corrected chi connectivity index (χ0v) is 14.9. The molecule has 120 valence electrons. The van der Waals surface area contributed by atoms with Gasteiger partial charge in [-0.05, 0) is 53.5 Å². The Kier molecular flexibility index (Phi) is 8.43. The van der Waals surface area contributed by atoms with Crippen molar-refractivity contribution in [2.24, 2.45) is 0 Å². The predicted octanol–water partition coefficient (Wildman–Crippen LogP) is 2.26. The van der Waals surface area contributed by atoms with Crippen molar-refractivity contribution in [3.63, 3.8) is 0 Å². The topological polar surface area (TPSA) is 67.4 Å². The molecule has 0 aliphatic heterocycles. The van der Waals surface area contributed by atoms with Crippen LogP contribution < -0.4 is 10.0 Å². The third kappa shape index (κ3) is 6.44. The number of nitrogens with one attached hydrogen (secondary N) is 2. The third-order valence-electron chi connectivity index (χ3n) is 2.77. The molecule has 0 radical (unpaired) electrons. The van der Waals surface area contributed by atoms with E-state index in [2.05, 4.69) is 26.0 Å². The lowest BCUT2D eigenvalue weighted by atomic mass is 10.2. The van der Waals surface area contributed by atoms with Gasteiger partial charge < -0.3 is 10.1 Å². The molecular weight excluding hydrogens is 356 g/mol. The average Bonchev–Trinajstić information content (AvgIpc) is 2.43. The Hall–Kier alpha value is -0.470. The second-order valence-electron chi connectivity index (χ2n) is 4.66. The van der Waals surface area contributed by atoms with Crippen LogP contribution in [0.3, 0.4) is 0 Å². The van der Waals surface area contributed by atoms with E-state index in [9.17, 15) is 8.42 Å². The zero-order valence-electron chi connectivity index (χ0n) is 12.5. The maximum Gasteiger partial charge on any atom is 0.241 e. The molecule has 0 bridgehead atoms. The molecule has 0 aromatic heterocycles. The largest absolute Gasteiger partial charge is 0.381 e. The van der Waals surface area contributed by atoms with E-state index in [0.717, 1.165) is 12.0 Å². The van der Waals surface area contributed by atoms with Gasteiger partial charge in [-0.15, -0.1) is 0 Å². The normalized spacial score (nSPS) is 11.8. The van der Waals surface area contributed by atoms with Crippen molar-refractivity contribution in [3.05, 3.63) is 28.2 Å². The van der Waals surface area contributed by atoms with Gasteiger partial charge in [0.25, 0.3) is 0 Å². The molecule has 0 heterocycles. The Balaban J connectivity index is 2.57. The molecule has 0 atom stereocenters. The van der Waals surface area contributed by atoms with Crippen molar-refractivity contribution in [2.45, 2.75) is 31.2 Å². The van der Waals surface area contributed by atoms with Crippen molar-refractivity contribution >= 4 is 26.0 Å². The Bertz CT molecular complexity index is 535. The minimum atomic E-state index is -3.49. The first-order valence-electron chi connectivity index (χ1n) is 7.01. The molecule has 2 N–H and O–H groups in total. The summed E-state index contributed by atoms with van der Waals surface area (Å²) in [6.45, 7) is 4.39. The van der Waals surface area contributed by atoms with E-state index in [1.54, 1.807) is 12.1 Å². The zero-order chi connectivity index (χ0) is 15.7. The summed E-state index contributed by atoms with van der Waals surface area (Å²) in [5.41, 5.74) is 1.02. The summed E-state index contributed by atoms with van der Waals surface area (Å²) in [5.74, 6) is 0. The molecular formula is C14H23BrN2O3S. The molecule has 7 heteroatoms. The molecule has 0 aliphatic rings. The van der Waals surface area contributed by atoms with Crippen molar-refractivity contribution < 1.29 is 13.2 Å². The van der Waals surface area contributed by atoms with Gasteiger partial charge in [0.05, 0.1) is 4.90 Å². The predicted molar refractivity (Wildman–Crippen MR) is 87.8 cm³/mol. The van der Waals surface area contributed by atoms with Crippen molar-refractivity contribution in [1.29, 1.82) is 0 Å². The molecule has 0 aliphatic carbocycles. The fourth-order valence-electron chi connectivity index (χ4n) is 1.78. The van der Waals surface area contributed by atoms with Crippen LogP contribution in [0.1, 0.15) is 25.3 Å². The monoisotopic (exact) mass is 378 g/mol. The van der Waals surface area contributed by atoms with E-state index in [1.807, 2.05) is 20.0 Å². The number of halogens is 1. The Morgan fingerprint density at radius 1 is 1.29 bits per heavy atom. The molecule has 1 aromatic carbocycles. The van der Waals surface area contributed by atoms with Gasteiger partial charge >= 0.3 is 0 Å². The highest BCUT2D eigenvalue weighted by Gasteiger charge is 2.17. The van der Waals surface area contributed by atoms with E-state index in [1.165, 1.54) is 0 Å². The maximum atomic E-state index is 12.2. The molecule has 5 nitrogen and oxygen atoms in total. The number of sulfonamides is 1. The van der Waals surface area contributed by atoms with Gasteiger partial charge in [-0.25, -0.2) is 13.1 Å². The Morgan fingerprint density at radius 3 is 2.67 bits per heavy atom. The second kappa shape index (κ2) is 9.53. The number of benzene rings is 1. The van der Waals surface area contributed by atoms with Gasteiger partial charge in [0.1, 0.15) is 0 Å². The first kappa shape index (κ1) is 18.6. The van der Waals surface area contributed by atoms with E-state index < -0.39 is 10.0 Å². The number of ether oxygens (including phenoxy) is 1. The first-order valence-corrected chi connectivity index (χ1v) is 9.29. The van der Waals surface area contributed by atoms with Gasteiger partial charge in [-0.3, -0.25) is 0 Å². The molecule has 0 amide bonds. The summed E-state index contributed by atoms with van der Waals surface area (Å²) in [6, 6.07) is 5.24. The highest BCUT2D eigenvalue weighted by Crippen LogP contribution is 2.23. The molecule has 0 fully saturated rings. The number of hydrogen-bond acceptors (Lipinski definition) is 4. The molecule has 0 unspecified atom stereocenters. The van der Waals surface area contributed by atoms with Crippen LogP contribution >= 0.6 is 15.9 Å². The average molecular weight is 379 g/mol. The van der Waals surface area contributed by atoms with Gasteiger partial charge in [0, 0.05) is 30.8 Å². The van der Waals surface area contributed by atoms with E-state index in [0.29, 0.717) is 37.2 Å². The minimum absolute atomic E-state index is 0.261. The van der Waals surface area contributed by atoms with Gasteiger partial charge in [-0.2, -0.15) is 0 Å². The molecule has 1 aromatic rings. The quantitative estimate of drug-likeness (QED) is 0.612. The lowest BCUT2D eigenvalue weighted by Gasteiger charge is -2.10. The minimum Gasteiger partial charge on any atom is -0.381 e. The highest BCUT2D eigenvalue weighted by molar-refractivity contribution is 9.10. The Morgan fingerprint density at radius 2 is 2.05 bits per heavy atom. The lowest BCUT2D eigenvalue weighted by Crippen LogP contribution is -2.26. The lowest BCUT2D eigenvalue weighted by molar-refractivity contribution is 0.133. The molecule has 0 saturated carbocycles. The van der Waals surface area contributed by atoms with Crippen molar-refractivity contribution in [2.75, 3.05) is 26.8 Å². The van der Waals surface area contributed by atoms with Gasteiger partial charge in [0.15, 0.2) is 0 Å². The van der Waals surface area contributed by atoms with E-state index in [-0.39, 0.29) is 4.90 Å². The molecule has 0 saturated heterocycles. The summed E-state index contributed by atoms with van der Waals surface area (Å²) < 4.78 is 32.9. The van der Waals surface area contributed by atoms with Gasteiger partial charge in [-0.1, -0.05) is 13.0 Å².